The van der Waals surface area contributed by atoms with Gasteiger partial charge < -0.3 is 19.4 Å². The number of carbonyl (C=O) groups is 2. The highest BCUT2D eigenvalue weighted by Crippen LogP contribution is 2.33. The number of hydrogen-bond acceptors (Lipinski definition) is 5. The summed E-state index contributed by atoms with van der Waals surface area (Å²) in [5.41, 5.74) is 0.465. The minimum Gasteiger partial charge on any atom is -0.541 e. The lowest BCUT2D eigenvalue weighted by molar-refractivity contribution is -0.302. The van der Waals surface area contributed by atoms with Crippen molar-refractivity contribution in [1.82, 2.24) is 0 Å². The number of benzene rings is 1. The third kappa shape index (κ3) is 1.75. The van der Waals surface area contributed by atoms with E-state index in [0.717, 1.165) is 6.26 Å². The van der Waals surface area contributed by atoms with Crippen LogP contribution in [-0.4, -0.2) is 11.8 Å². The van der Waals surface area contributed by atoms with Crippen molar-refractivity contribution >= 4 is 11.8 Å². The lowest BCUT2D eigenvalue weighted by Gasteiger charge is -2.18. The fourth-order valence-electron chi connectivity index (χ4n) is 1.25. The van der Waals surface area contributed by atoms with Crippen molar-refractivity contribution in [2.45, 2.75) is 6.92 Å². The molecule has 0 amide bonds. The Labute approximate surface area is 90.9 Å². The van der Waals surface area contributed by atoms with Gasteiger partial charge in [-0.2, -0.15) is 0 Å². The minimum atomic E-state index is -1.46. The van der Waals surface area contributed by atoms with E-state index in [-0.39, 0.29) is 11.5 Å². The first-order chi connectivity index (χ1) is 7.58. The van der Waals surface area contributed by atoms with Gasteiger partial charge in [-0.25, -0.2) is 0 Å². The Morgan fingerprint density at radius 3 is 2.62 bits per heavy atom. The molecule has 0 bridgehead atoms. The maximum absolute atomic E-state index is 11.1. The molecule has 0 atom stereocenters. The third-order valence-corrected chi connectivity index (χ3v) is 2.06. The molecule has 1 aromatic carbocycles. The van der Waals surface area contributed by atoms with Crippen molar-refractivity contribution in [3.8, 4) is 11.5 Å². The van der Waals surface area contributed by atoms with Gasteiger partial charge in [0.05, 0.1) is 0 Å². The van der Waals surface area contributed by atoms with Crippen LogP contribution in [0.2, 0.25) is 0 Å². The molecule has 0 radical (unpaired) electrons. The van der Waals surface area contributed by atoms with E-state index in [1.54, 1.807) is 0 Å². The van der Waals surface area contributed by atoms with Crippen LogP contribution in [0.3, 0.4) is 0 Å². The molecule has 5 nitrogen and oxygen atoms in total. The molecule has 1 aromatic rings. The normalized spacial score (nSPS) is 12.9. The molecule has 16 heavy (non-hydrogen) atoms. The van der Waals surface area contributed by atoms with Crippen LogP contribution in [0.25, 0.3) is 0 Å². The largest absolute Gasteiger partial charge is 0.541 e. The molecular weight excluding hydrogens is 212 g/mol. The minimum absolute atomic E-state index is 0.110. The smallest absolute Gasteiger partial charge is 0.185 e. The fraction of sp³-hybridized carbons (Fsp3) is 0.0909. The van der Waals surface area contributed by atoms with Gasteiger partial charge in [0, 0.05) is 5.56 Å². The van der Waals surface area contributed by atoms with E-state index in [9.17, 15) is 14.7 Å². The van der Waals surface area contributed by atoms with Crippen molar-refractivity contribution in [3.05, 3.63) is 35.8 Å². The molecule has 5 heteroatoms. The predicted octanol–water partition coefficient (Wildman–Crippen LogP) is 0.252. The summed E-state index contributed by atoms with van der Waals surface area (Å²) >= 11 is 0. The summed E-state index contributed by atoms with van der Waals surface area (Å²) in [6.45, 7) is 1.42. The van der Waals surface area contributed by atoms with Crippen LogP contribution in [0, 0.1) is 0 Å². The standard InChI is InChI=1S/C11H8O5/c1-6(12)7-2-3-8-9(4-7)15-5-10(16-8)11(13)14/h2-5H,1H3,(H,13,14)/p-1. The average Bonchev–Trinajstić information content (AvgIpc) is 2.27. The monoisotopic (exact) mass is 219 g/mol. The highest BCUT2D eigenvalue weighted by Gasteiger charge is 2.16. The first kappa shape index (κ1) is 10.2. The number of rotatable bonds is 2. The maximum atomic E-state index is 11.1. The Bertz CT molecular complexity index is 501. The predicted molar refractivity (Wildman–Crippen MR) is 50.8 cm³/mol. The van der Waals surface area contributed by atoms with Crippen LogP contribution in [0.5, 0.6) is 11.5 Å². The fourth-order valence-corrected chi connectivity index (χ4v) is 1.25. The molecule has 0 N–H and O–H groups in total. The summed E-state index contributed by atoms with van der Waals surface area (Å²) in [6.07, 6.45) is 0.932. The van der Waals surface area contributed by atoms with Crippen LogP contribution >= 0.6 is 0 Å². The first-order valence-electron chi connectivity index (χ1n) is 4.49. The van der Waals surface area contributed by atoms with Gasteiger partial charge in [-0.3, -0.25) is 4.79 Å². The molecule has 2 rings (SSSR count). The number of carboxylic acid groups (broad SMARTS) is 1. The Hall–Kier alpha value is -2.30. The van der Waals surface area contributed by atoms with Crippen molar-refractivity contribution in [1.29, 1.82) is 0 Å². The molecule has 0 unspecified atom stereocenters. The maximum Gasteiger partial charge on any atom is 0.185 e. The number of aliphatic carboxylic acids is 1. The Balaban J connectivity index is 2.34. The van der Waals surface area contributed by atoms with Crippen LogP contribution in [0.4, 0.5) is 0 Å². The van der Waals surface area contributed by atoms with Gasteiger partial charge in [0.15, 0.2) is 23.0 Å². The van der Waals surface area contributed by atoms with E-state index in [1.165, 1.54) is 25.1 Å². The summed E-state index contributed by atoms with van der Waals surface area (Å²) in [5.74, 6) is -1.42. The van der Waals surface area contributed by atoms with E-state index >= 15 is 0 Å². The molecular formula is C11H7O5-. The van der Waals surface area contributed by atoms with E-state index in [0.29, 0.717) is 11.3 Å². The molecule has 0 aliphatic carbocycles. The molecule has 0 saturated carbocycles. The van der Waals surface area contributed by atoms with Crippen molar-refractivity contribution < 1.29 is 24.2 Å². The quantitative estimate of drug-likeness (QED) is 0.666. The Morgan fingerprint density at radius 1 is 1.25 bits per heavy atom. The molecule has 1 heterocycles. The molecule has 0 fully saturated rings. The van der Waals surface area contributed by atoms with Gasteiger partial charge in [0.2, 0.25) is 0 Å². The van der Waals surface area contributed by atoms with Crippen LogP contribution in [-0.2, 0) is 4.79 Å². The number of carbonyl (C=O) groups excluding carboxylic acids is 2. The Morgan fingerprint density at radius 2 is 2.00 bits per heavy atom. The van der Waals surface area contributed by atoms with Crippen molar-refractivity contribution in [3.63, 3.8) is 0 Å². The van der Waals surface area contributed by atoms with Gasteiger partial charge in [0.25, 0.3) is 0 Å². The molecule has 0 saturated heterocycles. The lowest BCUT2D eigenvalue weighted by atomic mass is 10.1. The summed E-state index contributed by atoms with van der Waals surface area (Å²) in [5, 5.41) is 10.5. The summed E-state index contributed by atoms with van der Waals surface area (Å²) in [6, 6.07) is 4.49. The SMILES string of the molecule is CC(=O)c1ccc2c(c1)OC=C(C(=O)[O-])O2. The number of ketones is 1. The molecule has 1 aliphatic heterocycles. The van der Waals surface area contributed by atoms with Crippen LogP contribution in [0.15, 0.2) is 30.2 Å². The van der Waals surface area contributed by atoms with E-state index < -0.39 is 11.7 Å². The molecule has 0 spiro atoms. The van der Waals surface area contributed by atoms with Crippen molar-refractivity contribution in [2.75, 3.05) is 0 Å². The van der Waals surface area contributed by atoms with Gasteiger partial charge in [-0.1, -0.05) is 0 Å². The molecule has 0 aromatic heterocycles. The zero-order valence-electron chi connectivity index (χ0n) is 8.35. The second kappa shape index (κ2) is 3.69. The summed E-state index contributed by atoms with van der Waals surface area (Å²) in [4.78, 5) is 21.6. The second-order valence-electron chi connectivity index (χ2n) is 3.21. The number of ether oxygens (including phenoxy) is 2. The van der Waals surface area contributed by atoms with Gasteiger partial charge in [0.1, 0.15) is 12.2 Å². The zero-order chi connectivity index (χ0) is 11.7. The Kier molecular flexibility index (Phi) is 2.36. The highest BCUT2D eigenvalue weighted by atomic mass is 16.6. The van der Waals surface area contributed by atoms with Gasteiger partial charge in [-0.15, -0.1) is 0 Å². The summed E-state index contributed by atoms with van der Waals surface area (Å²) in [7, 11) is 0. The zero-order valence-corrected chi connectivity index (χ0v) is 8.35. The lowest BCUT2D eigenvalue weighted by Crippen LogP contribution is -2.28. The van der Waals surface area contributed by atoms with E-state index in [4.69, 9.17) is 9.47 Å². The number of Topliss-reactive ketones (excluding diaryl/α,β-unsaturated/α-hetero) is 1. The highest BCUT2D eigenvalue weighted by molar-refractivity contribution is 5.94. The average molecular weight is 219 g/mol. The van der Waals surface area contributed by atoms with Crippen LogP contribution in [0.1, 0.15) is 17.3 Å². The summed E-state index contributed by atoms with van der Waals surface area (Å²) < 4.78 is 10.0. The first-order valence-corrected chi connectivity index (χ1v) is 4.49. The molecule has 1 aliphatic rings. The van der Waals surface area contributed by atoms with E-state index in [2.05, 4.69) is 0 Å². The molecule has 82 valence electrons. The topological polar surface area (TPSA) is 75.7 Å². The van der Waals surface area contributed by atoms with Gasteiger partial charge in [-0.05, 0) is 25.1 Å². The third-order valence-electron chi connectivity index (χ3n) is 2.06. The number of fused-ring (bicyclic) bond motifs is 1. The van der Waals surface area contributed by atoms with Gasteiger partial charge >= 0.3 is 0 Å². The van der Waals surface area contributed by atoms with Crippen LogP contribution < -0.4 is 14.6 Å². The second-order valence-corrected chi connectivity index (χ2v) is 3.21. The number of carboxylic acids is 1. The van der Waals surface area contributed by atoms with E-state index in [1.807, 2.05) is 0 Å². The number of hydrogen-bond donors (Lipinski definition) is 0. The van der Waals surface area contributed by atoms with Crippen molar-refractivity contribution in [2.24, 2.45) is 0 Å².